The van der Waals surface area contributed by atoms with Crippen LogP contribution >= 0.6 is 11.6 Å². The van der Waals surface area contributed by atoms with Gasteiger partial charge in [0.15, 0.2) is 0 Å². The van der Waals surface area contributed by atoms with E-state index in [1.165, 1.54) is 11.4 Å². The van der Waals surface area contributed by atoms with Crippen LogP contribution in [0.15, 0.2) is 47.4 Å². The van der Waals surface area contributed by atoms with E-state index >= 15 is 0 Å². The molecular weight excluding hydrogens is 416 g/mol. The van der Waals surface area contributed by atoms with Crippen molar-refractivity contribution in [2.75, 3.05) is 25.1 Å². The van der Waals surface area contributed by atoms with Gasteiger partial charge in [-0.3, -0.25) is 4.90 Å². The molecule has 29 heavy (non-hydrogen) atoms. The van der Waals surface area contributed by atoms with Crippen molar-refractivity contribution in [2.45, 2.75) is 30.4 Å². The minimum Gasteiger partial charge on any atom is -0.497 e. The van der Waals surface area contributed by atoms with Crippen LogP contribution in [0.4, 0.5) is 10.5 Å². The molecule has 0 unspecified atom stereocenters. The zero-order chi connectivity index (χ0) is 20.6. The first kappa shape index (κ1) is 20.0. The summed E-state index contributed by atoms with van der Waals surface area (Å²) in [6.07, 6.45) is 0.635. The lowest BCUT2D eigenvalue weighted by Gasteiger charge is -2.39. The molecule has 2 aromatic rings. The fraction of sp³-hybridized carbons (Fsp3) is 0.350. The number of cyclic esters (lactones) is 1. The van der Waals surface area contributed by atoms with E-state index in [1.54, 1.807) is 41.3 Å². The van der Waals surface area contributed by atoms with Gasteiger partial charge in [-0.1, -0.05) is 11.6 Å². The van der Waals surface area contributed by atoms with Crippen molar-refractivity contribution in [3.05, 3.63) is 53.1 Å². The van der Waals surface area contributed by atoms with Crippen LogP contribution in [0.5, 0.6) is 5.75 Å². The number of hydrogen-bond donors (Lipinski definition) is 0. The predicted molar refractivity (Wildman–Crippen MR) is 109 cm³/mol. The number of carbonyl (C=O) groups excluding carboxylic acids is 1. The number of hydrogen-bond acceptors (Lipinski definition) is 5. The van der Waals surface area contributed by atoms with Gasteiger partial charge in [0.05, 0.1) is 17.7 Å². The van der Waals surface area contributed by atoms with Gasteiger partial charge in [-0.2, -0.15) is 4.31 Å². The maximum absolute atomic E-state index is 12.9. The van der Waals surface area contributed by atoms with Crippen molar-refractivity contribution in [2.24, 2.45) is 0 Å². The summed E-state index contributed by atoms with van der Waals surface area (Å²) in [5.74, 6) is 0.602. The first-order valence-electron chi connectivity index (χ1n) is 9.29. The molecule has 1 fully saturated rings. The maximum atomic E-state index is 12.9. The number of amides is 1. The third kappa shape index (κ3) is 3.80. The first-order chi connectivity index (χ1) is 13.9. The van der Waals surface area contributed by atoms with Crippen LogP contribution in [0, 0.1) is 0 Å². The van der Waals surface area contributed by atoms with Crippen molar-refractivity contribution in [3.8, 4) is 5.75 Å². The van der Waals surface area contributed by atoms with E-state index in [9.17, 15) is 13.2 Å². The molecule has 0 bridgehead atoms. The molecule has 0 saturated carbocycles. The normalized spacial score (nSPS) is 18.3. The summed E-state index contributed by atoms with van der Waals surface area (Å²) in [5, 5.41) is 0.585. The third-order valence-corrected chi connectivity index (χ3v) is 7.48. The molecule has 9 heteroatoms. The molecule has 0 aliphatic carbocycles. The van der Waals surface area contributed by atoms with Crippen molar-refractivity contribution < 1.29 is 22.7 Å². The van der Waals surface area contributed by atoms with Crippen LogP contribution in [0.2, 0.25) is 5.02 Å². The van der Waals surface area contributed by atoms with Gasteiger partial charge < -0.3 is 9.47 Å². The number of methoxy groups -OCH3 is 1. The monoisotopic (exact) mass is 436 g/mol. The molecule has 2 aromatic carbocycles. The van der Waals surface area contributed by atoms with Crippen molar-refractivity contribution >= 4 is 33.4 Å². The Labute approximate surface area is 174 Å². The van der Waals surface area contributed by atoms with Crippen LogP contribution in [0.1, 0.15) is 18.4 Å². The summed E-state index contributed by atoms with van der Waals surface area (Å²) >= 11 is 6.05. The Bertz CT molecular complexity index is 1020. The third-order valence-electron chi connectivity index (χ3n) is 5.33. The highest BCUT2D eigenvalue weighted by molar-refractivity contribution is 7.89. The average molecular weight is 437 g/mol. The molecule has 154 valence electrons. The summed E-state index contributed by atoms with van der Waals surface area (Å²) in [4.78, 5) is 14.3. The summed E-state index contributed by atoms with van der Waals surface area (Å²) in [7, 11) is -2.06. The highest BCUT2D eigenvalue weighted by Crippen LogP contribution is 2.34. The van der Waals surface area contributed by atoms with E-state index < -0.39 is 16.1 Å². The van der Waals surface area contributed by atoms with Gasteiger partial charge in [-0.15, -0.1) is 0 Å². The lowest BCUT2D eigenvalue weighted by Crippen LogP contribution is -2.50. The lowest BCUT2D eigenvalue weighted by molar-refractivity contribution is 0.136. The second-order valence-electron chi connectivity index (χ2n) is 7.01. The summed E-state index contributed by atoms with van der Waals surface area (Å²) in [5.41, 5.74) is 1.63. The van der Waals surface area contributed by atoms with E-state index in [1.807, 2.05) is 6.07 Å². The smallest absolute Gasteiger partial charge is 0.414 e. The van der Waals surface area contributed by atoms with Gasteiger partial charge in [0.25, 0.3) is 0 Å². The molecule has 4 rings (SSSR count). The number of rotatable bonds is 4. The van der Waals surface area contributed by atoms with Crippen LogP contribution in [0.25, 0.3) is 0 Å². The van der Waals surface area contributed by atoms with Gasteiger partial charge in [0, 0.05) is 29.7 Å². The molecule has 2 aliphatic rings. The van der Waals surface area contributed by atoms with Crippen LogP contribution in [-0.4, -0.2) is 45.1 Å². The van der Waals surface area contributed by atoms with Gasteiger partial charge >= 0.3 is 6.09 Å². The Kier molecular flexibility index (Phi) is 5.42. The Morgan fingerprint density at radius 1 is 1.10 bits per heavy atom. The van der Waals surface area contributed by atoms with Gasteiger partial charge in [0.1, 0.15) is 12.4 Å². The molecule has 2 heterocycles. The molecule has 0 N–H and O–H groups in total. The Balaban J connectivity index is 1.50. The first-order valence-corrected chi connectivity index (χ1v) is 11.1. The number of benzene rings is 2. The number of anilines is 1. The molecule has 1 saturated heterocycles. The highest BCUT2D eigenvalue weighted by Gasteiger charge is 2.37. The van der Waals surface area contributed by atoms with E-state index in [0.29, 0.717) is 36.7 Å². The second kappa shape index (κ2) is 7.85. The molecule has 1 amide bonds. The number of fused-ring (bicyclic) bond motifs is 1. The van der Waals surface area contributed by atoms with Gasteiger partial charge in [-0.05, 0) is 55.3 Å². The van der Waals surface area contributed by atoms with Crippen molar-refractivity contribution in [3.63, 3.8) is 0 Å². The van der Waals surface area contributed by atoms with Crippen LogP contribution in [-0.2, 0) is 21.4 Å². The van der Waals surface area contributed by atoms with E-state index in [-0.39, 0.29) is 17.5 Å². The maximum Gasteiger partial charge on any atom is 0.414 e. The highest BCUT2D eigenvalue weighted by atomic mass is 35.5. The van der Waals surface area contributed by atoms with Crippen molar-refractivity contribution in [1.29, 1.82) is 0 Å². The van der Waals surface area contributed by atoms with Crippen LogP contribution in [0.3, 0.4) is 0 Å². The molecule has 0 atom stereocenters. The SMILES string of the molecule is COc1ccc(S(=O)(=O)N2CCC(N3C(=O)OCc4cc(Cl)ccc43)CC2)cc1. The number of carbonyl (C=O) groups is 1. The molecular formula is C20H21ClN2O5S. The zero-order valence-electron chi connectivity index (χ0n) is 15.9. The Morgan fingerprint density at radius 2 is 1.79 bits per heavy atom. The fourth-order valence-electron chi connectivity index (χ4n) is 3.80. The topological polar surface area (TPSA) is 76.2 Å². The van der Waals surface area contributed by atoms with E-state index in [0.717, 1.165) is 11.3 Å². The van der Waals surface area contributed by atoms with Gasteiger partial charge in [-0.25, -0.2) is 13.2 Å². The average Bonchev–Trinajstić information content (AvgIpc) is 2.74. The molecule has 2 aliphatic heterocycles. The molecule has 0 spiro atoms. The molecule has 0 radical (unpaired) electrons. The minimum absolute atomic E-state index is 0.134. The zero-order valence-corrected chi connectivity index (χ0v) is 17.4. The van der Waals surface area contributed by atoms with E-state index in [4.69, 9.17) is 21.1 Å². The number of nitrogens with zero attached hydrogens (tertiary/aromatic N) is 2. The summed E-state index contributed by atoms with van der Waals surface area (Å²) < 4.78 is 37.7. The molecule has 7 nitrogen and oxygen atoms in total. The quantitative estimate of drug-likeness (QED) is 0.731. The van der Waals surface area contributed by atoms with Gasteiger partial charge in [0.2, 0.25) is 10.0 Å². The minimum atomic E-state index is -3.60. The standard InChI is InChI=1S/C20H21ClN2O5S/c1-27-17-3-5-18(6-4-17)29(25,26)22-10-8-16(9-11-22)23-19-7-2-15(21)12-14(19)13-28-20(23)24/h2-7,12,16H,8-11,13H2,1H3. The second-order valence-corrected chi connectivity index (χ2v) is 9.38. The van der Waals surface area contributed by atoms with Crippen molar-refractivity contribution in [1.82, 2.24) is 4.31 Å². The largest absolute Gasteiger partial charge is 0.497 e. The number of ether oxygens (including phenoxy) is 2. The van der Waals surface area contributed by atoms with Crippen LogP contribution < -0.4 is 9.64 Å². The Hall–Kier alpha value is -2.29. The predicted octanol–water partition coefficient (Wildman–Crippen LogP) is 3.66. The van der Waals surface area contributed by atoms with E-state index in [2.05, 4.69) is 0 Å². The lowest BCUT2D eigenvalue weighted by atomic mass is 10.0. The Morgan fingerprint density at radius 3 is 2.45 bits per heavy atom. The number of sulfonamides is 1. The number of piperidine rings is 1. The summed E-state index contributed by atoms with van der Waals surface area (Å²) in [6, 6.07) is 11.6. The summed E-state index contributed by atoms with van der Waals surface area (Å²) in [6.45, 7) is 0.841. The molecule has 0 aromatic heterocycles. The number of halogens is 1. The fourth-order valence-corrected chi connectivity index (χ4v) is 5.46.